The summed E-state index contributed by atoms with van der Waals surface area (Å²) < 4.78 is 0. The third-order valence-corrected chi connectivity index (χ3v) is 0.371. The van der Waals surface area contributed by atoms with Gasteiger partial charge in [0.1, 0.15) is 0 Å². The summed E-state index contributed by atoms with van der Waals surface area (Å²) in [7, 11) is 0. The summed E-state index contributed by atoms with van der Waals surface area (Å²) in [5.41, 5.74) is 0. The number of nitrogens with zero attached hydrogens (tertiary/aromatic N) is 1. The zero-order valence-corrected chi connectivity index (χ0v) is 2.84. The average molecular weight is 83.0 g/mol. The molecule has 1 heterocycles. The number of hydrogen-bond acceptors (Lipinski definition) is 3. The maximum absolute atomic E-state index is 9.81. The van der Waals surface area contributed by atoms with Gasteiger partial charge in [-0.1, -0.05) is 0 Å². The second-order valence-electron chi connectivity index (χ2n) is 0.775. The van der Waals surface area contributed by atoms with Crippen molar-refractivity contribution < 1.29 is 9.63 Å². The fourth-order valence-corrected chi connectivity index (χ4v) is 0.177. The molecule has 0 radical (unpaired) electrons. The van der Waals surface area contributed by atoms with E-state index >= 15 is 0 Å². The quantitative estimate of drug-likeness (QED) is 0.376. The Morgan fingerprint density at radius 3 is 3.00 bits per heavy atom. The highest BCUT2D eigenvalue weighted by molar-refractivity contribution is 5.93. The summed E-state index contributed by atoms with van der Waals surface area (Å²) in [6.45, 7) is 0. The van der Waals surface area contributed by atoms with Crippen molar-refractivity contribution in [2.75, 3.05) is 0 Å². The molecular weight excluding hydrogens is 82.0 g/mol. The van der Waals surface area contributed by atoms with Gasteiger partial charge in [0.05, 0.1) is 6.08 Å². The van der Waals surface area contributed by atoms with Crippen molar-refractivity contribution in [2.24, 2.45) is 5.16 Å². The second kappa shape index (κ2) is 0.954. The molecule has 0 aromatic heterocycles. The predicted molar refractivity (Wildman–Crippen MR) is 18.1 cm³/mol. The smallest absolute Gasteiger partial charge is 0.304 e. The Morgan fingerprint density at radius 2 is 2.83 bits per heavy atom. The second-order valence-corrected chi connectivity index (χ2v) is 0.775. The van der Waals surface area contributed by atoms with Crippen LogP contribution in [0.4, 0.5) is 0 Å². The summed E-state index contributed by atoms with van der Waals surface area (Å²) >= 11 is 0. The van der Waals surface area contributed by atoms with E-state index in [9.17, 15) is 4.79 Å². The Hall–Kier alpha value is -1.08. The van der Waals surface area contributed by atoms with Gasteiger partial charge in [0.25, 0.3) is 0 Å². The van der Waals surface area contributed by atoms with E-state index < -0.39 is 5.97 Å². The molecule has 6 heavy (non-hydrogen) atoms. The number of carbonyl (C=O) groups excluding carboxylic acids is 1. The minimum atomic E-state index is -0.449. The zero-order chi connectivity index (χ0) is 4.41. The standard InChI is InChI=1S/C3HNO2/c5-3-1-2-4-6-3/h1H. The van der Waals surface area contributed by atoms with Crippen molar-refractivity contribution in [3.05, 3.63) is 6.08 Å². The molecule has 3 heteroatoms. The van der Waals surface area contributed by atoms with E-state index in [0.29, 0.717) is 0 Å². The van der Waals surface area contributed by atoms with Gasteiger partial charge in [0, 0.05) is 5.87 Å². The summed E-state index contributed by atoms with van der Waals surface area (Å²) in [6.07, 6.45) is 1.12. The monoisotopic (exact) mass is 83.0 g/mol. The van der Waals surface area contributed by atoms with Crippen LogP contribution in [0, 0.1) is 0 Å². The minimum Gasteiger partial charge on any atom is -0.304 e. The molecule has 1 aliphatic rings. The van der Waals surface area contributed by atoms with Crippen molar-refractivity contribution >= 4 is 11.8 Å². The molecule has 0 atom stereocenters. The molecule has 0 aromatic carbocycles. The number of rotatable bonds is 0. The summed E-state index contributed by atoms with van der Waals surface area (Å²) in [5, 5.41) is 3.01. The van der Waals surface area contributed by atoms with E-state index in [0.717, 1.165) is 6.08 Å². The van der Waals surface area contributed by atoms with Crippen LogP contribution in [-0.4, -0.2) is 11.8 Å². The molecule has 1 aliphatic heterocycles. The number of hydrogen-bond donors (Lipinski definition) is 0. The van der Waals surface area contributed by atoms with Crippen LogP contribution in [-0.2, 0) is 9.63 Å². The third kappa shape index (κ3) is 0.307. The Kier molecular flexibility index (Phi) is 0.496. The third-order valence-electron chi connectivity index (χ3n) is 0.371. The molecule has 0 saturated carbocycles. The largest absolute Gasteiger partial charge is 0.368 e. The fraction of sp³-hybridized carbons (Fsp3) is 0. The van der Waals surface area contributed by atoms with E-state index in [2.05, 4.69) is 15.9 Å². The van der Waals surface area contributed by atoms with Crippen LogP contribution in [0.2, 0.25) is 0 Å². The SMILES string of the molecule is O=C1C=C=NO1. The van der Waals surface area contributed by atoms with Crippen LogP contribution >= 0.6 is 0 Å². The van der Waals surface area contributed by atoms with Gasteiger partial charge in [-0.25, -0.2) is 4.79 Å². The zero-order valence-electron chi connectivity index (χ0n) is 2.84. The van der Waals surface area contributed by atoms with Crippen molar-refractivity contribution in [3.63, 3.8) is 0 Å². The molecule has 0 spiro atoms. The maximum Gasteiger partial charge on any atom is 0.368 e. The molecule has 0 aliphatic carbocycles. The molecule has 0 fully saturated rings. The van der Waals surface area contributed by atoms with Gasteiger partial charge in [-0.2, -0.15) is 0 Å². The normalized spacial score (nSPS) is 15.7. The van der Waals surface area contributed by atoms with E-state index in [1.807, 2.05) is 0 Å². The first kappa shape index (κ1) is 3.12. The van der Waals surface area contributed by atoms with Crippen LogP contribution in [0.5, 0.6) is 0 Å². The Bertz CT molecular complexity index is 132. The topological polar surface area (TPSA) is 38.7 Å². The van der Waals surface area contributed by atoms with Crippen molar-refractivity contribution in [1.29, 1.82) is 0 Å². The van der Waals surface area contributed by atoms with Crippen molar-refractivity contribution in [1.82, 2.24) is 0 Å². The molecular formula is C3HNO2. The lowest BCUT2D eigenvalue weighted by Crippen LogP contribution is -1.85. The fourth-order valence-electron chi connectivity index (χ4n) is 0.177. The molecule has 0 bridgehead atoms. The average Bonchev–Trinajstić information content (AvgIpc) is 1.86. The van der Waals surface area contributed by atoms with E-state index in [1.165, 1.54) is 0 Å². The first-order valence-electron chi connectivity index (χ1n) is 1.39. The van der Waals surface area contributed by atoms with Gasteiger partial charge in [-0.05, 0) is 5.16 Å². The van der Waals surface area contributed by atoms with E-state index in [4.69, 9.17) is 0 Å². The van der Waals surface area contributed by atoms with Crippen LogP contribution in [0.1, 0.15) is 0 Å². The molecule has 0 unspecified atom stereocenters. The Balaban J connectivity index is 2.79. The molecule has 0 N–H and O–H groups in total. The molecule has 3 nitrogen and oxygen atoms in total. The highest BCUT2D eigenvalue weighted by Crippen LogP contribution is 1.81. The van der Waals surface area contributed by atoms with E-state index in [-0.39, 0.29) is 0 Å². The molecule has 0 saturated heterocycles. The minimum absolute atomic E-state index is 0.449. The molecule has 30 valence electrons. The lowest BCUT2D eigenvalue weighted by Gasteiger charge is -1.73. The van der Waals surface area contributed by atoms with Crippen molar-refractivity contribution in [3.8, 4) is 0 Å². The maximum atomic E-state index is 9.81. The van der Waals surface area contributed by atoms with Crippen LogP contribution in [0.25, 0.3) is 0 Å². The van der Waals surface area contributed by atoms with Crippen LogP contribution < -0.4 is 0 Å². The lowest BCUT2D eigenvalue weighted by atomic mass is 10.7. The highest BCUT2D eigenvalue weighted by Gasteiger charge is 1.96. The Labute approximate surface area is 33.9 Å². The lowest BCUT2D eigenvalue weighted by molar-refractivity contribution is -0.136. The Morgan fingerprint density at radius 1 is 2.00 bits per heavy atom. The van der Waals surface area contributed by atoms with Gasteiger partial charge in [0.15, 0.2) is 0 Å². The van der Waals surface area contributed by atoms with Crippen LogP contribution in [0.15, 0.2) is 11.2 Å². The van der Waals surface area contributed by atoms with Gasteiger partial charge in [-0.15, -0.1) is 0 Å². The number of carbonyl (C=O) groups is 1. The summed E-state index contributed by atoms with van der Waals surface area (Å²) in [5.74, 6) is 1.75. The summed E-state index contributed by atoms with van der Waals surface area (Å²) in [6, 6.07) is 0. The van der Waals surface area contributed by atoms with Crippen LogP contribution in [0.3, 0.4) is 0 Å². The van der Waals surface area contributed by atoms with Gasteiger partial charge < -0.3 is 4.84 Å². The predicted octanol–water partition coefficient (Wildman–Crippen LogP) is -0.316. The van der Waals surface area contributed by atoms with Gasteiger partial charge in [-0.3, -0.25) is 0 Å². The molecule has 1 rings (SSSR count). The van der Waals surface area contributed by atoms with Gasteiger partial charge >= 0.3 is 5.97 Å². The first-order valence-corrected chi connectivity index (χ1v) is 1.39. The summed E-state index contributed by atoms with van der Waals surface area (Å²) in [4.78, 5) is 13.8. The van der Waals surface area contributed by atoms with E-state index in [1.54, 1.807) is 0 Å². The van der Waals surface area contributed by atoms with Gasteiger partial charge in [0.2, 0.25) is 0 Å². The molecule has 0 aromatic rings. The molecule has 0 amide bonds. The highest BCUT2D eigenvalue weighted by atomic mass is 16.7. The first-order chi connectivity index (χ1) is 2.89. The van der Waals surface area contributed by atoms with Crippen molar-refractivity contribution in [2.45, 2.75) is 0 Å².